The van der Waals surface area contributed by atoms with E-state index in [1.807, 2.05) is 12.1 Å². The van der Waals surface area contributed by atoms with Crippen molar-refractivity contribution < 1.29 is 0 Å². The van der Waals surface area contributed by atoms with Crippen LogP contribution in [-0.4, -0.2) is 0 Å². The Morgan fingerprint density at radius 2 is 1.90 bits per heavy atom. The quantitative estimate of drug-likeness (QED) is 0.592. The molecule has 1 rings (SSSR count). The van der Waals surface area contributed by atoms with Crippen LogP contribution in [-0.2, 0) is 0 Å². The molecular formula is C17H15ClN2. The monoisotopic (exact) mass is 282 g/mol. The lowest BCUT2D eigenvalue weighted by Crippen LogP contribution is -2.26. The summed E-state index contributed by atoms with van der Waals surface area (Å²) in [7, 11) is 0. The average Bonchev–Trinajstić information content (AvgIpc) is 2.43. The zero-order chi connectivity index (χ0) is 15.2. The number of hydrogen-bond donors (Lipinski definition) is 0. The maximum absolute atomic E-state index is 9.53. The Labute approximate surface area is 125 Å². The van der Waals surface area contributed by atoms with Gasteiger partial charge in [0.25, 0.3) is 0 Å². The van der Waals surface area contributed by atoms with Crippen molar-refractivity contribution in [3.8, 4) is 24.5 Å². The van der Waals surface area contributed by atoms with Crippen LogP contribution in [0.1, 0.15) is 31.2 Å². The molecule has 2 nitrogen and oxygen atoms in total. The second-order valence-corrected chi connectivity index (χ2v) is 5.28. The third-order valence-electron chi connectivity index (χ3n) is 3.17. The number of rotatable bonds is 5. The van der Waals surface area contributed by atoms with E-state index >= 15 is 0 Å². The maximum Gasteiger partial charge on any atom is 0.155 e. The molecule has 1 aromatic rings. The summed E-state index contributed by atoms with van der Waals surface area (Å²) in [6.07, 6.45) is 6.03. The van der Waals surface area contributed by atoms with Crippen LogP contribution in [0.2, 0.25) is 5.02 Å². The molecule has 1 atom stereocenters. The minimum Gasteiger partial charge on any atom is -0.197 e. The number of hydrogen-bond acceptors (Lipinski definition) is 2. The molecule has 0 bridgehead atoms. The molecule has 0 N–H and O–H groups in total. The van der Waals surface area contributed by atoms with E-state index in [9.17, 15) is 10.5 Å². The van der Waals surface area contributed by atoms with E-state index in [1.165, 1.54) is 0 Å². The van der Waals surface area contributed by atoms with E-state index < -0.39 is 5.41 Å². The van der Waals surface area contributed by atoms with Gasteiger partial charge in [-0.15, -0.1) is 18.9 Å². The van der Waals surface area contributed by atoms with E-state index in [4.69, 9.17) is 18.0 Å². The zero-order valence-corrected chi connectivity index (χ0v) is 12.1. The first kappa shape index (κ1) is 15.8. The zero-order valence-electron chi connectivity index (χ0n) is 11.4. The van der Waals surface area contributed by atoms with E-state index in [-0.39, 0.29) is 5.92 Å². The fourth-order valence-corrected chi connectivity index (χ4v) is 2.37. The van der Waals surface area contributed by atoms with Crippen molar-refractivity contribution in [3.05, 3.63) is 47.0 Å². The number of nitrogens with zero attached hydrogens (tertiary/aromatic N) is 2. The van der Waals surface area contributed by atoms with Crippen molar-refractivity contribution in [2.45, 2.75) is 25.7 Å². The van der Waals surface area contributed by atoms with Crippen LogP contribution in [0.25, 0.3) is 0 Å². The van der Waals surface area contributed by atoms with Gasteiger partial charge in [-0.25, -0.2) is 0 Å². The Morgan fingerprint density at radius 3 is 2.30 bits per heavy atom. The molecule has 0 aromatic heterocycles. The van der Waals surface area contributed by atoms with Gasteiger partial charge in [0.15, 0.2) is 5.41 Å². The lowest BCUT2D eigenvalue weighted by Gasteiger charge is -2.28. The molecule has 0 aliphatic rings. The summed E-state index contributed by atoms with van der Waals surface area (Å²) in [5.41, 5.74) is 0.423. The molecule has 0 spiro atoms. The minimum absolute atomic E-state index is 0.301. The SMILES string of the molecule is C#CCC(c1ccc(Cl)cc1)C(C#N)(C#N)CC(=C)C. The van der Waals surface area contributed by atoms with E-state index in [2.05, 4.69) is 24.6 Å². The highest BCUT2D eigenvalue weighted by Crippen LogP contribution is 2.42. The van der Waals surface area contributed by atoms with Gasteiger partial charge in [0, 0.05) is 23.8 Å². The van der Waals surface area contributed by atoms with Crippen LogP contribution in [0.15, 0.2) is 36.4 Å². The molecule has 100 valence electrons. The summed E-state index contributed by atoms with van der Waals surface area (Å²) in [4.78, 5) is 0. The van der Waals surface area contributed by atoms with E-state index in [0.717, 1.165) is 11.1 Å². The fraction of sp³-hybridized carbons (Fsp3) is 0.294. The summed E-state index contributed by atoms with van der Waals surface area (Å²) >= 11 is 5.88. The summed E-state index contributed by atoms with van der Waals surface area (Å²) in [6, 6.07) is 11.4. The van der Waals surface area contributed by atoms with Crippen LogP contribution in [0.5, 0.6) is 0 Å². The maximum atomic E-state index is 9.53. The summed E-state index contributed by atoms with van der Waals surface area (Å²) < 4.78 is 0. The van der Waals surface area contributed by atoms with Crippen LogP contribution >= 0.6 is 11.6 Å². The molecule has 0 heterocycles. The van der Waals surface area contributed by atoms with Crippen molar-refractivity contribution in [1.82, 2.24) is 0 Å². The second-order valence-electron chi connectivity index (χ2n) is 4.84. The lowest BCUT2D eigenvalue weighted by atomic mass is 9.69. The highest BCUT2D eigenvalue weighted by Gasteiger charge is 2.40. The molecule has 0 saturated carbocycles. The van der Waals surface area contributed by atoms with Gasteiger partial charge < -0.3 is 0 Å². The molecule has 0 radical (unpaired) electrons. The summed E-state index contributed by atoms with van der Waals surface area (Å²) in [5.74, 6) is 2.20. The summed E-state index contributed by atoms with van der Waals surface area (Å²) in [6.45, 7) is 5.61. The van der Waals surface area contributed by atoms with Crippen molar-refractivity contribution >= 4 is 11.6 Å². The number of halogens is 1. The Balaban J connectivity index is 3.33. The van der Waals surface area contributed by atoms with Gasteiger partial charge in [-0.3, -0.25) is 0 Å². The second kappa shape index (κ2) is 6.81. The molecule has 0 aliphatic heterocycles. The fourth-order valence-electron chi connectivity index (χ4n) is 2.25. The Morgan fingerprint density at radius 1 is 1.35 bits per heavy atom. The number of allylic oxidation sites excluding steroid dienone is 1. The van der Waals surface area contributed by atoms with Gasteiger partial charge >= 0.3 is 0 Å². The van der Waals surface area contributed by atoms with E-state index in [1.54, 1.807) is 19.1 Å². The van der Waals surface area contributed by atoms with Gasteiger partial charge in [0.05, 0.1) is 12.1 Å². The Bertz CT molecular complexity index is 594. The van der Waals surface area contributed by atoms with Crippen LogP contribution in [0.4, 0.5) is 0 Å². The molecule has 0 amide bonds. The molecule has 20 heavy (non-hydrogen) atoms. The Hall–Kier alpha value is -2.21. The van der Waals surface area contributed by atoms with Crippen molar-refractivity contribution in [2.75, 3.05) is 0 Å². The lowest BCUT2D eigenvalue weighted by molar-refractivity contribution is 0.410. The predicted molar refractivity (Wildman–Crippen MR) is 80.7 cm³/mol. The number of benzene rings is 1. The highest BCUT2D eigenvalue weighted by atomic mass is 35.5. The molecular weight excluding hydrogens is 268 g/mol. The van der Waals surface area contributed by atoms with Crippen LogP contribution in [0.3, 0.4) is 0 Å². The summed E-state index contributed by atoms with van der Waals surface area (Å²) in [5, 5.41) is 19.7. The largest absolute Gasteiger partial charge is 0.197 e. The number of nitriles is 2. The topological polar surface area (TPSA) is 47.6 Å². The third-order valence-corrected chi connectivity index (χ3v) is 3.42. The van der Waals surface area contributed by atoms with Crippen molar-refractivity contribution in [3.63, 3.8) is 0 Å². The molecule has 1 unspecified atom stereocenters. The predicted octanol–water partition coefficient (Wildman–Crippen LogP) is 4.45. The molecule has 0 aliphatic carbocycles. The molecule has 0 fully saturated rings. The average molecular weight is 283 g/mol. The van der Waals surface area contributed by atoms with E-state index in [0.29, 0.717) is 17.9 Å². The third kappa shape index (κ3) is 3.42. The van der Waals surface area contributed by atoms with Gasteiger partial charge in [-0.1, -0.05) is 29.3 Å². The smallest absolute Gasteiger partial charge is 0.155 e. The Kier molecular flexibility index (Phi) is 5.40. The van der Waals surface area contributed by atoms with Gasteiger partial charge in [0.1, 0.15) is 0 Å². The molecule has 1 aromatic carbocycles. The highest BCUT2D eigenvalue weighted by molar-refractivity contribution is 6.30. The minimum atomic E-state index is -1.20. The van der Waals surface area contributed by atoms with Crippen molar-refractivity contribution in [2.24, 2.45) is 5.41 Å². The normalized spacial score (nSPS) is 11.8. The molecule has 3 heteroatoms. The van der Waals surface area contributed by atoms with Crippen LogP contribution < -0.4 is 0 Å². The standard InChI is InChI=1S/C17H15ClN2/c1-4-5-16(14-6-8-15(18)9-7-14)17(11-19,12-20)10-13(2)3/h1,6-9,16H,2,5,10H2,3H3. The van der Waals surface area contributed by atoms with Crippen molar-refractivity contribution in [1.29, 1.82) is 10.5 Å². The first-order valence-corrected chi connectivity index (χ1v) is 6.52. The first-order valence-electron chi connectivity index (χ1n) is 6.15. The van der Waals surface area contributed by atoms with Crippen LogP contribution in [0, 0.1) is 40.4 Å². The van der Waals surface area contributed by atoms with Gasteiger partial charge in [0.2, 0.25) is 0 Å². The number of terminal acetylenes is 1. The first-order chi connectivity index (χ1) is 9.49. The molecule has 0 saturated heterocycles. The van der Waals surface area contributed by atoms with Gasteiger partial charge in [-0.2, -0.15) is 10.5 Å². The van der Waals surface area contributed by atoms with Gasteiger partial charge in [-0.05, 0) is 24.6 Å².